The van der Waals surface area contributed by atoms with Crippen molar-refractivity contribution in [3.8, 4) is 28.4 Å². The largest absolute Gasteiger partial charge is 0.497 e. The van der Waals surface area contributed by atoms with Gasteiger partial charge in [0.15, 0.2) is 0 Å². The summed E-state index contributed by atoms with van der Waals surface area (Å²) in [6.07, 6.45) is 4.43. The minimum Gasteiger partial charge on any atom is -0.497 e. The lowest BCUT2D eigenvalue weighted by Gasteiger charge is -2.25. The van der Waals surface area contributed by atoms with Crippen LogP contribution in [-0.4, -0.2) is 62.0 Å². The Hall–Kier alpha value is -3.59. The normalized spacial score (nSPS) is 14.9. The highest BCUT2D eigenvalue weighted by Crippen LogP contribution is 2.35. The molecule has 1 aromatic heterocycles. The molecule has 1 atom stereocenters. The standard InChI is InChI=1S/C25H29FN4O4/c1-30(2)7-4-8-33-24-11-20(18-13-27-28-14-18)21(26)12-22(24)29-25(31)17-9-16-10-19(32-3)5-6-23(16)34-15-17/h5-6,10-14,17H,4,7-9,15H2,1-3H3,(H,27,28)(H,29,31). The van der Waals surface area contributed by atoms with Gasteiger partial charge in [0, 0.05) is 29.9 Å². The molecular weight excluding hydrogens is 439 g/mol. The summed E-state index contributed by atoms with van der Waals surface area (Å²) in [5.74, 6) is 0.676. The van der Waals surface area contributed by atoms with E-state index in [2.05, 4.69) is 20.4 Å². The maximum Gasteiger partial charge on any atom is 0.231 e. The Morgan fingerprint density at radius 2 is 2.18 bits per heavy atom. The summed E-state index contributed by atoms with van der Waals surface area (Å²) < 4.78 is 32.0. The first-order valence-electron chi connectivity index (χ1n) is 11.2. The van der Waals surface area contributed by atoms with Gasteiger partial charge in [-0.2, -0.15) is 5.10 Å². The van der Waals surface area contributed by atoms with E-state index in [-0.39, 0.29) is 18.2 Å². The lowest BCUT2D eigenvalue weighted by atomic mass is 9.95. The number of amides is 1. The highest BCUT2D eigenvalue weighted by molar-refractivity contribution is 5.95. The second-order valence-electron chi connectivity index (χ2n) is 8.50. The number of fused-ring (bicyclic) bond motifs is 1. The third kappa shape index (κ3) is 5.48. The van der Waals surface area contributed by atoms with E-state index in [4.69, 9.17) is 14.2 Å². The van der Waals surface area contributed by atoms with Crippen LogP contribution in [0.4, 0.5) is 10.1 Å². The van der Waals surface area contributed by atoms with Crippen molar-refractivity contribution in [2.75, 3.05) is 46.3 Å². The van der Waals surface area contributed by atoms with Crippen molar-refractivity contribution in [2.45, 2.75) is 12.8 Å². The second-order valence-corrected chi connectivity index (χ2v) is 8.50. The molecule has 1 unspecified atom stereocenters. The molecule has 1 aliphatic heterocycles. The number of halogens is 1. The summed E-state index contributed by atoms with van der Waals surface area (Å²) in [6, 6.07) is 8.42. The number of aromatic amines is 1. The van der Waals surface area contributed by atoms with Crippen LogP contribution in [0.25, 0.3) is 11.1 Å². The average molecular weight is 469 g/mol. The number of carbonyl (C=O) groups is 1. The Morgan fingerprint density at radius 1 is 1.32 bits per heavy atom. The lowest BCUT2D eigenvalue weighted by Crippen LogP contribution is -2.32. The van der Waals surface area contributed by atoms with Crippen LogP contribution in [0.15, 0.2) is 42.7 Å². The predicted molar refractivity (Wildman–Crippen MR) is 127 cm³/mol. The van der Waals surface area contributed by atoms with Gasteiger partial charge < -0.3 is 24.4 Å². The minimum absolute atomic E-state index is 0.236. The molecule has 1 aliphatic rings. The van der Waals surface area contributed by atoms with E-state index < -0.39 is 11.7 Å². The SMILES string of the molecule is COc1ccc2c(c1)CC(C(=O)Nc1cc(F)c(-c3cn[nH]c3)cc1OCCCN(C)C)CO2. The van der Waals surface area contributed by atoms with Gasteiger partial charge in [-0.05, 0) is 56.8 Å². The first-order chi connectivity index (χ1) is 16.4. The summed E-state index contributed by atoms with van der Waals surface area (Å²) in [5, 5.41) is 9.44. The van der Waals surface area contributed by atoms with E-state index in [1.54, 1.807) is 19.4 Å². The van der Waals surface area contributed by atoms with E-state index in [0.717, 1.165) is 24.3 Å². The number of nitrogens with zero attached hydrogens (tertiary/aromatic N) is 2. The van der Waals surface area contributed by atoms with E-state index in [9.17, 15) is 9.18 Å². The molecule has 0 fully saturated rings. The maximum absolute atomic E-state index is 15.0. The molecule has 3 aromatic rings. The topological polar surface area (TPSA) is 88.7 Å². The van der Waals surface area contributed by atoms with Gasteiger partial charge in [-0.3, -0.25) is 9.89 Å². The number of hydrogen-bond acceptors (Lipinski definition) is 6. The zero-order valence-corrected chi connectivity index (χ0v) is 19.6. The summed E-state index contributed by atoms with van der Waals surface area (Å²) >= 11 is 0. The van der Waals surface area contributed by atoms with Gasteiger partial charge in [0.25, 0.3) is 0 Å². The van der Waals surface area contributed by atoms with Gasteiger partial charge in [-0.1, -0.05) is 0 Å². The molecule has 9 heteroatoms. The zero-order chi connectivity index (χ0) is 24.1. The highest BCUT2D eigenvalue weighted by Gasteiger charge is 2.27. The van der Waals surface area contributed by atoms with Gasteiger partial charge in [-0.15, -0.1) is 0 Å². The van der Waals surface area contributed by atoms with Crippen molar-refractivity contribution >= 4 is 11.6 Å². The van der Waals surface area contributed by atoms with E-state index >= 15 is 0 Å². The number of aromatic nitrogens is 2. The summed E-state index contributed by atoms with van der Waals surface area (Å²) in [4.78, 5) is 15.2. The molecule has 4 rings (SSSR count). The molecule has 34 heavy (non-hydrogen) atoms. The molecule has 2 N–H and O–H groups in total. The van der Waals surface area contributed by atoms with Crippen LogP contribution in [0.5, 0.6) is 17.2 Å². The lowest BCUT2D eigenvalue weighted by molar-refractivity contribution is -0.121. The minimum atomic E-state index is -0.479. The third-order valence-corrected chi connectivity index (χ3v) is 5.69. The quantitative estimate of drug-likeness (QED) is 0.465. The Morgan fingerprint density at radius 3 is 2.91 bits per heavy atom. The van der Waals surface area contributed by atoms with Crippen LogP contribution in [0.3, 0.4) is 0 Å². The van der Waals surface area contributed by atoms with Crippen LogP contribution < -0.4 is 19.5 Å². The molecule has 0 spiro atoms. The van der Waals surface area contributed by atoms with Crippen LogP contribution in [0.1, 0.15) is 12.0 Å². The number of rotatable bonds is 9. The zero-order valence-electron chi connectivity index (χ0n) is 19.6. The molecule has 180 valence electrons. The summed E-state index contributed by atoms with van der Waals surface area (Å²) in [6.45, 7) is 1.51. The molecular formula is C25H29FN4O4. The Labute approximate surface area is 198 Å². The molecule has 8 nitrogen and oxygen atoms in total. The van der Waals surface area contributed by atoms with Crippen molar-refractivity contribution in [1.29, 1.82) is 0 Å². The second kappa shape index (κ2) is 10.6. The van der Waals surface area contributed by atoms with Gasteiger partial charge in [0.2, 0.25) is 5.91 Å². The van der Waals surface area contributed by atoms with Crippen molar-refractivity contribution in [2.24, 2.45) is 5.92 Å². The number of anilines is 1. The summed E-state index contributed by atoms with van der Waals surface area (Å²) in [5.41, 5.74) is 2.12. The van der Waals surface area contributed by atoms with E-state index in [1.165, 1.54) is 12.3 Å². The molecule has 0 aliphatic carbocycles. The third-order valence-electron chi connectivity index (χ3n) is 5.69. The molecule has 0 saturated heterocycles. The van der Waals surface area contributed by atoms with Gasteiger partial charge >= 0.3 is 0 Å². The molecule has 0 radical (unpaired) electrons. The number of methoxy groups -OCH3 is 1. The van der Waals surface area contributed by atoms with Crippen LogP contribution in [0, 0.1) is 11.7 Å². The Balaban J connectivity index is 1.53. The first kappa shape index (κ1) is 23.6. The van der Waals surface area contributed by atoms with Gasteiger partial charge in [0.05, 0.1) is 31.5 Å². The fraction of sp³-hybridized carbons (Fsp3) is 0.360. The monoisotopic (exact) mass is 468 g/mol. The number of ether oxygens (including phenoxy) is 3. The maximum atomic E-state index is 15.0. The predicted octanol–water partition coefficient (Wildman–Crippen LogP) is 3.74. The summed E-state index contributed by atoms with van der Waals surface area (Å²) in [7, 11) is 5.57. The Kier molecular flexibility index (Phi) is 7.32. The number of hydrogen-bond donors (Lipinski definition) is 2. The van der Waals surface area contributed by atoms with Gasteiger partial charge in [-0.25, -0.2) is 4.39 Å². The van der Waals surface area contributed by atoms with Crippen molar-refractivity contribution in [1.82, 2.24) is 15.1 Å². The van der Waals surface area contributed by atoms with Crippen molar-refractivity contribution < 1.29 is 23.4 Å². The molecule has 1 amide bonds. The van der Waals surface area contributed by atoms with Crippen molar-refractivity contribution in [3.63, 3.8) is 0 Å². The van der Waals surface area contributed by atoms with E-state index in [0.29, 0.717) is 35.7 Å². The molecule has 2 aromatic carbocycles. The Bertz CT molecular complexity index is 1130. The number of nitrogens with one attached hydrogen (secondary N) is 2. The van der Waals surface area contributed by atoms with Crippen molar-refractivity contribution in [3.05, 3.63) is 54.1 Å². The number of benzene rings is 2. The number of carbonyl (C=O) groups excluding carboxylic acids is 1. The van der Waals surface area contributed by atoms with E-state index in [1.807, 2.05) is 32.3 Å². The number of H-pyrrole nitrogens is 1. The first-order valence-corrected chi connectivity index (χ1v) is 11.2. The molecule has 0 saturated carbocycles. The molecule has 0 bridgehead atoms. The van der Waals surface area contributed by atoms with Crippen LogP contribution in [0.2, 0.25) is 0 Å². The fourth-order valence-corrected chi connectivity index (χ4v) is 3.85. The average Bonchev–Trinajstić information content (AvgIpc) is 3.36. The van der Waals surface area contributed by atoms with Gasteiger partial charge in [0.1, 0.15) is 29.7 Å². The fourth-order valence-electron chi connectivity index (χ4n) is 3.85. The smallest absolute Gasteiger partial charge is 0.231 e. The van der Waals surface area contributed by atoms with Crippen LogP contribution >= 0.6 is 0 Å². The van der Waals surface area contributed by atoms with Crippen LogP contribution in [-0.2, 0) is 11.2 Å². The molecule has 2 heterocycles. The highest BCUT2D eigenvalue weighted by atomic mass is 19.1.